The van der Waals surface area contributed by atoms with Crippen molar-refractivity contribution in [3.8, 4) is 0 Å². The zero-order valence-electron chi connectivity index (χ0n) is 10.3. The Hall–Kier alpha value is -1.46. The topological polar surface area (TPSA) is 55.6 Å². The number of nitrogens with zero attached hydrogens (tertiary/aromatic N) is 1. The maximum absolute atomic E-state index is 13.1. The second-order valence-corrected chi connectivity index (χ2v) is 4.52. The molecule has 2 rings (SSSR count). The van der Waals surface area contributed by atoms with E-state index in [0.717, 1.165) is 0 Å². The monoisotopic (exact) mass is 252 g/mol. The minimum atomic E-state index is -0.405. The molecule has 2 unspecified atom stereocenters. The summed E-state index contributed by atoms with van der Waals surface area (Å²) in [4.78, 5) is 13.9. The molecular weight excluding hydrogens is 235 g/mol. The Kier molecular flexibility index (Phi) is 3.93. The van der Waals surface area contributed by atoms with E-state index in [1.54, 1.807) is 11.0 Å². The van der Waals surface area contributed by atoms with E-state index in [0.29, 0.717) is 25.2 Å². The van der Waals surface area contributed by atoms with Gasteiger partial charge in [-0.25, -0.2) is 4.39 Å². The van der Waals surface area contributed by atoms with Gasteiger partial charge in [-0.05, 0) is 25.1 Å². The number of ether oxygens (including phenoxy) is 1. The highest BCUT2D eigenvalue weighted by Gasteiger charge is 2.28. The fraction of sp³-hybridized carbons (Fsp3) is 0.462. The van der Waals surface area contributed by atoms with E-state index in [1.807, 2.05) is 6.92 Å². The Morgan fingerprint density at radius 2 is 2.33 bits per heavy atom. The molecular formula is C13H17FN2O2. The molecule has 18 heavy (non-hydrogen) atoms. The van der Waals surface area contributed by atoms with E-state index >= 15 is 0 Å². The first-order valence-corrected chi connectivity index (χ1v) is 6.00. The standard InChI is InChI=1S/C13H17FN2O2/c1-9-7-16(8-12(6-15)18-9)13(17)10-3-2-4-11(14)5-10/h2-5,9,12H,6-8,15H2,1H3. The zero-order valence-corrected chi connectivity index (χ0v) is 10.3. The quantitative estimate of drug-likeness (QED) is 0.854. The van der Waals surface area contributed by atoms with Crippen LogP contribution in [0.1, 0.15) is 17.3 Å². The van der Waals surface area contributed by atoms with Crippen LogP contribution >= 0.6 is 0 Å². The molecule has 1 amide bonds. The number of amides is 1. The molecule has 98 valence electrons. The van der Waals surface area contributed by atoms with Crippen molar-refractivity contribution in [3.63, 3.8) is 0 Å². The summed E-state index contributed by atoms with van der Waals surface area (Å²) in [6.45, 7) is 3.23. The van der Waals surface area contributed by atoms with Crippen LogP contribution in [-0.4, -0.2) is 42.6 Å². The molecule has 1 fully saturated rings. The van der Waals surface area contributed by atoms with Crippen LogP contribution in [0.2, 0.25) is 0 Å². The van der Waals surface area contributed by atoms with Crippen molar-refractivity contribution in [2.45, 2.75) is 19.1 Å². The van der Waals surface area contributed by atoms with Crippen LogP contribution in [-0.2, 0) is 4.74 Å². The molecule has 5 heteroatoms. The number of benzene rings is 1. The molecule has 0 aliphatic carbocycles. The normalized spacial score (nSPS) is 24.1. The second kappa shape index (κ2) is 5.46. The summed E-state index contributed by atoms with van der Waals surface area (Å²) in [5, 5.41) is 0. The number of hydrogen-bond acceptors (Lipinski definition) is 3. The van der Waals surface area contributed by atoms with Crippen LogP contribution in [0, 0.1) is 5.82 Å². The molecule has 4 nitrogen and oxygen atoms in total. The minimum absolute atomic E-state index is 0.0511. The maximum Gasteiger partial charge on any atom is 0.254 e. The number of hydrogen-bond donors (Lipinski definition) is 1. The van der Waals surface area contributed by atoms with Gasteiger partial charge in [0.25, 0.3) is 5.91 Å². The van der Waals surface area contributed by atoms with Crippen LogP contribution in [0.15, 0.2) is 24.3 Å². The summed E-state index contributed by atoms with van der Waals surface area (Å²) in [6.07, 6.45) is -0.198. The highest BCUT2D eigenvalue weighted by molar-refractivity contribution is 5.94. The van der Waals surface area contributed by atoms with Gasteiger partial charge < -0.3 is 15.4 Å². The van der Waals surface area contributed by atoms with Gasteiger partial charge in [0.05, 0.1) is 12.2 Å². The van der Waals surface area contributed by atoms with Crippen molar-refractivity contribution in [1.29, 1.82) is 0 Å². The molecule has 2 atom stereocenters. The molecule has 0 saturated carbocycles. The van der Waals surface area contributed by atoms with Crippen LogP contribution in [0.3, 0.4) is 0 Å². The van der Waals surface area contributed by atoms with Gasteiger partial charge in [-0.3, -0.25) is 4.79 Å². The Balaban J connectivity index is 2.13. The average molecular weight is 252 g/mol. The molecule has 1 heterocycles. The van der Waals surface area contributed by atoms with Gasteiger partial charge in [-0.2, -0.15) is 0 Å². The van der Waals surface area contributed by atoms with Gasteiger partial charge in [0.1, 0.15) is 5.82 Å². The van der Waals surface area contributed by atoms with Crippen LogP contribution < -0.4 is 5.73 Å². The third-order valence-corrected chi connectivity index (χ3v) is 2.95. The highest BCUT2D eigenvalue weighted by Crippen LogP contribution is 2.14. The number of nitrogens with two attached hydrogens (primary N) is 1. The van der Waals surface area contributed by atoms with Gasteiger partial charge in [0.2, 0.25) is 0 Å². The molecule has 0 bridgehead atoms. The predicted octanol–water partition coefficient (Wildman–Crippen LogP) is 1.01. The fourth-order valence-corrected chi connectivity index (χ4v) is 2.15. The van der Waals surface area contributed by atoms with E-state index in [2.05, 4.69) is 0 Å². The summed E-state index contributed by atoms with van der Waals surface area (Å²) in [5.41, 5.74) is 5.93. The van der Waals surface area contributed by atoms with Crippen molar-refractivity contribution in [2.24, 2.45) is 5.73 Å². The number of halogens is 1. The number of rotatable bonds is 2. The van der Waals surface area contributed by atoms with E-state index in [9.17, 15) is 9.18 Å². The fourth-order valence-electron chi connectivity index (χ4n) is 2.15. The van der Waals surface area contributed by atoms with Crippen LogP contribution in [0.25, 0.3) is 0 Å². The molecule has 0 aromatic heterocycles. The lowest BCUT2D eigenvalue weighted by atomic mass is 10.1. The lowest BCUT2D eigenvalue weighted by Gasteiger charge is -2.36. The van der Waals surface area contributed by atoms with Crippen molar-refractivity contribution in [3.05, 3.63) is 35.6 Å². The van der Waals surface area contributed by atoms with Gasteiger partial charge in [-0.1, -0.05) is 6.07 Å². The summed E-state index contributed by atoms with van der Waals surface area (Å²) in [5.74, 6) is -0.583. The molecule has 1 aromatic rings. The van der Waals surface area contributed by atoms with E-state index in [1.165, 1.54) is 18.2 Å². The summed E-state index contributed by atoms with van der Waals surface area (Å²) < 4.78 is 18.7. The Labute approximate surface area is 106 Å². The maximum atomic E-state index is 13.1. The van der Waals surface area contributed by atoms with Crippen molar-refractivity contribution in [1.82, 2.24) is 4.90 Å². The van der Waals surface area contributed by atoms with E-state index < -0.39 is 5.82 Å². The Bertz CT molecular complexity index is 439. The smallest absolute Gasteiger partial charge is 0.254 e. The first kappa shape index (κ1) is 13.0. The van der Waals surface area contributed by atoms with E-state index in [4.69, 9.17) is 10.5 Å². The van der Waals surface area contributed by atoms with Gasteiger partial charge in [-0.15, -0.1) is 0 Å². The number of morpholine rings is 1. The first-order valence-electron chi connectivity index (χ1n) is 6.00. The largest absolute Gasteiger partial charge is 0.370 e. The third-order valence-electron chi connectivity index (χ3n) is 2.95. The SMILES string of the molecule is CC1CN(C(=O)c2cccc(F)c2)CC(CN)O1. The van der Waals surface area contributed by atoms with Gasteiger partial charge >= 0.3 is 0 Å². The van der Waals surface area contributed by atoms with Crippen LogP contribution in [0.4, 0.5) is 4.39 Å². The van der Waals surface area contributed by atoms with E-state index in [-0.39, 0.29) is 18.1 Å². The predicted molar refractivity (Wildman–Crippen MR) is 65.7 cm³/mol. The van der Waals surface area contributed by atoms with Crippen molar-refractivity contribution >= 4 is 5.91 Å². The van der Waals surface area contributed by atoms with Crippen LogP contribution in [0.5, 0.6) is 0 Å². The minimum Gasteiger partial charge on any atom is -0.370 e. The molecule has 2 N–H and O–H groups in total. The lowest BCUT2D eigenvalue weighted by molar-refractivity contribution is -0.0625. The molecule has 1 aliphatic rings. The highest BCUT2D eigenvalue weighted by atomic mass is 19.1. The summed E-state index contributed by atoms with van der Waals surface area (Å²) in [6, 6.07) is 5.72. The van der Waals surface area contributed by atoms with Crippen molar-refractivity contribution < 1.29 is 13.9 Å². The summed E-state index contributed by atoms with van der Waals surface area (Å²) in [7, 11) is 0. The molecule has 0 spiro atoms. The lowest BCUT2D eigenvalue weighted by Crippen LogP contribution is -2.51. The summed E-state index contributed by atoms with van der Waals surface area (Å²) >= 11 is 0. The third kappa shape index (κ3) is 2.86. The number of carbonyl (C=O) groups excluding carboxylic acids is 1. The first-order chi connectivity index (χ1) is 8.60. The van der Waals surface area contributed by atoms with Crippen molar-refractivity contribution in [2.75, 3.05) is 19.6 Å². The number of carbonyl (C=O) groups is 1. The zero-order chi connectivity index (χ0) is 13.1. The second-order valence-electron chi connectivity index (χ2n) is 4.52. The molecule has 1 aliphatic heterocycles. The average Bonchev–Trinajstić information content (AvgIpc) is 2.37. The Morgan fingerprint density at radius 1 is 1.56 bits per heavy atom. The molecule has 0 radical (unpaired) electrons. The molecule has 1 aromatic carbocycles. The Morgan fingerprint density at radius 3 is 3.00 bits per heavy atom. The van der Waals surface area contributed by atoms with Gasteiger partial charge in [0.15, 0.2) is 0 Å². The van der Waals surface area contributed by atoms with Gasteiger partial charge in [0, 0.05) is 25.2 Å². The molecule has 1 saturated heterocycles.